The molecule has 2 aliphatic rings. The van der Waals surface area contributed by atoms with Crippen LogP contribution in [0.4, 0.5) is 4.39 Å². The second kappa shape index (κ2) is 3.06. The van der Waals surface area contributed by atoms with Gasteiger partial charge in [0.1, 0.15) is 5.82 Å². The van der Waals surface area contributed by atoms with Crippen LogP contribution in [0.25, 0.3) is 0 Å². The molecule has 0 bridgehead atoms. The zero-order valence-electron chi connectivity index (χ0n) is 8.87. The molecule has 1 spiro atoms. The van der Waals surface area contributed by atoms with Crippen molar-refractivity contribution in [3.8, 4) is 0 Å². The summed E-state index contributed by atoms with van der Waals surface area (Å²) in [5.74, 6) is -1.04. The lowest BCUT2D eigenvalue weighted by Crippen LogP contribution is -2.20. The van der Waals surface area contributed by atoms with Gasteiger partial charge in [0.25, 0.3) is 0 Å². The van der Waals surface area contributed by atoms with Gasteiger partial charge in [-0.25, -0.2) is 4.39 Å². The number of carboxylic acid groups (broad SMARTS) is 1. The van der Waals surface area contributed by atoms with Gasteiger partial charge in [-0.2, -0.15) is 0 Å². The molecule has 2 unspecified atom stereocenters. The average molecular weight is 220 g/mol. The Morgan fingerprint density at radius 2 is 2.25 bits per heavy atom. The van der Waals surface area contributed by atoms with Crippen LogP contribution in [-0.2, 0) is 17.6 Å². The highest BCUT2D eigenvalue weighted by Crippen LogP contribution is 2.59. The van der Waals surface area contributed by atoms with Crippen LogP contribution in [-0.4, -0.2) is 11.1 Å². The van der Waals surface area contributed by atoms with Crippen LogP contribution < -0.4 is 0 Å². The number of hydrogen-bond acceptors (Lipinski definition) is 1. The van der Waals surface area contributed by atoms with Crippen LogP contribution in [0.5, 0.6) is 0 Å². The quantitative estimate of drug-likeness (QED) is 0.789. The fraction of sp³-hybridized carbons (Fsp3) is 0.462. The van der Waals surface area contributed by atoms with E-state index in [1.165, 1.54) is 6.07 Å². The van der Waals surface area contributed by atoms with Crippen LogP contribution in [0.1, 0.15) is 24.0 Å². The lowest BCUT2D eigenvalue weighted by molar-refractivity contribution is -0.139. The first kappa shape index (κ1) is 9.82. The second-order valence-corrected chi connectivity index (χ2v) is 5.05. The molecule has 0 amide bonds. The summed E-state index contributed by atoms with van der Waals surface area (Å²) in [6.45, 7) is 0. The minimum absolute atomic E-state index is 0.0172. The number of hydrogen-bond donors (Lipinski definition) is 1. The summed E-state index contributed by atoms with van der Waals surface area (Å²) >= 11 is 0. The minimum Gasteiger partial charge on any atom is -0.481 e. The van der Waals surface area contributed by atoms with Gasteiger partial charge < -0.3 is 5.11 Å². The predicted octanol–water partition coefficient (Wildman–Crippen LogP) is 2.41. The molecule has 0 heterocycles. The van der Waals surface area contributed by atoms with Gasteiger partial charge >= 0.3 is 5.97 Å². The summed E-state index contributed by atoms with van der Waals surface area (Å²) in [6, 6.07) is 4.86. The van der Waals surface area contributed by atoms with E-state index in [-0.39, 0.29) is 17.2 Å². The lowest BCUT2D eigenvalue weighted by Gasteiger charge is -2.24. The molecule has 84 valence electrons. The number of fused-ring (bicyclic) bond motifs is 1. The molecule has 0 aliphatic heterocycles. The van der Waals surface area contributed by atoms with Gasteiger partial charge in [-0.05, 0) is 54.4 Å². The van der Waals surface area contributed by atoms with Gasteiger partial charge in [0, 0.05) is 0 Å². The van der Waals surface area contributed by atoms with E-state index in [4.69, 9.17) is 5.11 Å². The second-order valence-electron chi connectivity index (χ2n) is 5.05. The molecule has 1 N–H and O–H groups in total. The molecule has 1 fully saturated rings. The van der Waals surface area contributed by atoms with Crippen molar-refractivity contribution in [3.63, 3.8) is 0 Å². The number of aliphatic carboxylic acids is 1. The maximum Gasteiger partial charge on any atom is 0.307 e. The topological polar surface area (TPSA) is 37.3 Å². The van der Waals surface area contributed by atoms with E-state index in [2.05, 4.69) is 0 Å². The first-order valence-electron chi connectivity index (χ1n) is 5.61. The van der Waals surface area contributed by atoms with E-state index in [9.17, 15) is 9.18 Å². The lowest BCUT2D eigenvalue weighted by atomic mass is 9.80. The van der Waals surface area contributed by atoms with Gasteiger partial charge in [-0.1, -0.05) is 6.07 Å². The van der Waals surface area contributed by atoms with Crippen molar-refractivity contribution in [1.29, 1.82) is 0 Å². The molecule has 2 atom stereocenters. The van der Waals surface area contributed by atoms with E-state index < -0.39 is 5.97 Å². The molecular formula is C13H13FO2. The maximum atomic E-state index is 13.0. The maximum absolute atomic E-state index is 13.0. The number of carbonyl (C=O) groups is 1. The van der Waals surface area contributed by atoms with Crippen LogP contribution in [0, 0.1) is 17.2 Å². The Bertz CT molecular complexity index is 469. The van der Waals surface area contributed by atoms with Crippen molar-refractivity contribution in [2.24, 2.45) is 11.3 Å². The van der Waals surface area contributed by atoms with Crippen LogP contribution in [0.15, 0.2) is 18.2 Å². The van der Waals surface area contributed by atoms with Gasteiger partial charge in [-0.3, -0.25) is 4.79 Å². The Balaban J connectivity index is 1.88. The zero-order valence-corrected chi connectivity index (χ0v) is 8.87. The normalized spacial score (nSPS) is 31.2. The van der Waals surface area contributed by atoms with E-state index in [0.29, 0.717) is 0 Å². The molecule has 1 saturated carbocycles. The SMILES string of the molecule is O=C(O)C1CC12CCc1cc(F)ccc1C2. The number of aryl methyl sites for hydroxylation is 1. The first-order valence-corrected chi connectivity index (χ1v) is 5.61. The van der Waals surface area contributed by atoms with E-state index >= 15 is 0 Å². The zero-order chi connectivity index (χ0) is 11.3. The van der Waals surface area contributed by atoms with Gasteiger partial charge in [0.05, 0.1) is 5.92 Å². The van der Waals surface area contributed by atoms with Crippen LogP contribution >= 0.6 is 0 Å². The molecule has 1 aromatic carbocycles. The summed E-state index contributed by atoms with van der Waals surface area (Å²) in [5.41, 5.74) is 2.18. The Morgan fingerprint density at radius 3 is 2.94 bits per heavy atom. The largest absolute Gasteiger partial charge is 0.481 e. The fourth-order valence-corrected chi connectivity index (χ4v) is 3.02. The Morgan fingerprint density at radius 1 is 1.44 bits per heavy atom. The summed E-state index contributed by atoms with van der Waals surface area (Å²) in [4.78, 5) is 10.9. The molecule has 1 aromatic rings. The minimum atomic E-state index is -0.675. The molecule has 2 aliphatic carbocycles. The summed E-state index contributed by atoms with van der Waals surface area (Å²) < 4.78 is 13.0. The molecule has 0 aromatic heterocycles. The third kappa shape index (κ3) is 1.34. The summed E-state index contributed by atoms with van der Waals surface area (Å²) in [7, 11) is 0. The van der Waals surface area contributed by atoms with E-state index in [0.717, 1.165) is 36.8 Å². The standard InChI is InChI=1S/C13H13FO2/c14-10-2-1-9-6-13(4-3-8(9)5-10)7-11(13)12(15)16/h1-2,5,11H,3-4,6-7H2,(H,15,16). The average Bonchev–Trinajstić information content (AvgIpc) is 2.94. The fourth-order valence-electron chi connectivity index (χ4n) is 3.02. The van der Waals surface area contributed by atoms with Gasteiger partial charge in [0.2, 0.25) is 0 Å². The van der Waals surface area contributed by atoms with E-state index in [1.807, 2.05) is 6.07 Å². The van der Waals surface area contributed by atoms with Gasteiger partial charge in [0.15, 0.2) is 0 Å². The van der Waals surface area contributed by atoms with Crippen molar-refractivity contribution in [2.75, 3.05) is 0 Å². The smallest absolute Gasteiger partial charge is 0.307 e. The van der Waals surface area contributed by atoms with Crippen molar-refractivity contribution in [3.05, 3.63) is 35.1 Å². The highest BCUT2D eigenvalue weighted by atomic mass is 19.1. The van der Waals surface area contributed by atoms with Crippen molar-refractivity contribution in [1.82, 2.24) is 0 Å². The molecule has 0 saturated heterocycles. The molecule has 2 nitrogen and oxygen atoms in total. The Hall–Kier alpha value is -1.38. The van der Waals surface area contributed by atoms with Crippen molar-refractivity contribution >= 4 is 5.97 Å². The number of halogens is 1. The predicted molar refractivity (Wildman–Crippen MR) is 56.6 cm³/mol. The summed E-state index contributed by atoms with van der Waals surface area (Å²) in [6.07, 6.45) is 3.30. The highest BCUT2D eigenvalue weighted by Gasteiger charge is 2.58. The van der Waals surface area contributed by atoms with E-state index in [1.54, 1.807) is 6.07 Å². The molecule has 0 radical (unpaired) electrons. The first-order chi connectivity index (χ1) is 7.61. The number of benzene rings is 1. The molecule has 3 heteroatoms. The number of carboxylic acids is 1. The highest BCUT2D eigenvalue weighted by molar-refractivity contribution is 5.75. The molecule has 16 heavy (non-hydrogen) atoms. The number of rotatable bonds is 1. The molecule has 3 rings (SSSR count). The Kier molecular flexibility index (Phi) is 1.88. The van der Waals surface area contributed by atoms with Crippen molar-refractivity contribution in [2.45, 2.75) is 25.7 Å². The Labute approximate surface area is 93.1 Å². The van der Waals surface area contributed by atoms with Crippen molar-refractivity contribution < 1.29 is 14.3 Å². The monoisotopic (exact) mass is 220 g/mol. The third-order valence-electron chi connectivity index (χ3n) is 4.09. The third-order valence-corrected chi connectivity index (χ3v) is 4.09. The molecular weight excluding hydrogens is 207 g/mol. The van der Waals surface area contributed by atoms with Crippen LogP contribution in [0.3, 0.4) is 0 Å². The summed E-state index contributed by atoms with van der Waals surface area (Å²) in [5, 5.41) is 9.00. The van der Waals surface area contributed by atoms with Crippen LogP contribution in [0.2, 0.25) is 0 Å². The van der Waals surface area contributed by atoms with Gasteiger partial charge in [-0.15, -0.1) is 0 Å².